The normalized spacial score (nSPS) is 13.2. The van der Waals surface area contributed by atoms with Gasteiger partial charge in [0.2, 0.25) is 0 Å². The van der Waals surface area contributed by atoms with Gasteiger partial charge in [0, 0.05) is 5.56 Å². The molecular formula is C10H6Cl3F3O3. The summed E-state index contributed by atoms with van der Waals surface area (Å²) in [5.41, 5.74) is -1.82. The molecule has 1 atom stereocenters. The summed E-state index contributed by atoms with van der Waals surface area (Å²) >= 11 is 16.6. The van der Waals surface area contributed by atoms with Gasteiger partial charge in [-0.2, -0.15) is 13.2 Å². The van der Waals surface area contributed by atoms with Crippen LogP contribution in [-0.4, -0.2) is 18.2 Å². The third-order valence-electron chi connectivity index (χ3n) is 2.19. The quantitative estimate of drug-likeness (QED) is 0.832. The molecule has 19 heavy (non-hydrogen) atoms. The van der Waals surface area contributed by atoms with Gasteiger partial charge in [0.1, 0.15) is 5.75 Å². The molecule has 0 spiro atoms. The van der Waals surface area contributed by atoms with Crippen molar-refractivity contribution in [2.24, 2.45) is 0 Å². The van der Waals surface area contributed by atoms with Crippen molar-refractivity contribution in [3.63, 3.8) is 0 Å². The first-order valence-electron chi connectivity index (χ1n) is 4.61. The van der Waals surface area contributed by atoms with Crippen LogP contribution in [0.5, 0.6) is 5.75 Å². The number of methoxy groups -OCH3 is 1. The number of hydrogen-bond acceptors (Lipinski definition) is 2. The summed E-state index contributed by atoms with van der Waals surface area (Å²) < 4.78 is 43.2. The maximum absolute atomic E-state index is 12.9. The van der Waals surface area contributed by atoms with E-state index in [1.54, 1.807) is 0 Å². The van der Waals surface area contributed by atoms with E-state index in [4.69, 9.17) is 39.9 Å². The summed E-state index contributed by atoms with van der Waals surface area (Å²) in [4.78, 5) is 10.8. The van der Waals surface area contributed by atoms with Crippen molar-refractivity contribution in [1.82, 2.24) is 0 Å². The highest BCUT2D eigenvalue weighted by molar-refractivity contribution is 6.39. The zero-order chi connectivity index (χ0) is 15.0. The van der Waals surface area contributed by atoms with Gasteiger partial charge in [0.25, 0.3) is 0 Å². The Bertz CT molecular complexity index is 517. The molecule has 0 bridgehead atoms. The van der Waals surface area contributed by atoms with E-state index >= 15 is 0 Å². The molecule has 0 aliphatic rings. The highest BCUT2D eigenvalue weighted by Gasteiger charge is 2.39. The van der Waals surface area contributed by atoms with Crippen molar-refractivity contribution in [2.45, 2.75) is 11.6 Å². The van der Waals surface area contributed by atoms with Crippen LogP contribution in [0.3, 0.4) is 0 Å². The Morgan fingerprint density at radius 1 is 1.37 bits per heavy atom. The molecule has 0 radical (unpaired) electrons. The predicted molar refractivity (Wildman–Crippen MR) is 64.2 cm³/mol. The van der Waals surface area contributed by atoms with Gasteiger partial charge in [0.05, 0.1) is 22.7 Å². The minimum Gasteiger partial charge on any atom is -0.495 e. The molecule has 1 N–H and O–H groups in total. The number of halogens is 6. The molecule has 0 fully saturated rings. The van der Waals surface area contributed by atoms with Crippen LogP contribution >= 0.6 is 34.8 Å². The van der Waals surface area contributed by atoms with Crippen molar-refractivity contribution in [2.75, 3.05) is 7.11 Å². The number of carboxylic acid groups (broad SMARTS) is 1. The van der Waals surface area contributed by atoms with Crippen molar-refractivity contribution in [3.05, 3.63) is 27.2 Å². The smallest absolute Gasteiger partial charge is 0.419 e. The fourth-order valence-electron chi connectivity index (χ4n) is 1.35. The van der Waals surface area contributed by atoms with Gasteiger partial charge in [-0.25, -0.2) is 0 Å². The van der Waals surface area contributed by atoms with Crippen molar-refractivity contribution in [1.29, 1.82) is 0 Å². The van der Waals surface area contributed by atoms with Crippen molar-refractivity contribution < 1.29 is 27.8 Å². The van der Waals surface area contributed by atoms with E-state index in [0.29, 0.717) is 0 Å². The number of carbonyl (C=O) groups is 1. The first-order chi connectivity index (χ1) is 8.61. The Balaban J connectivity index is 3.64. The number of alkyl halides is 4. The molecule has 9 heteroatoms. The van der Waals surface area contributed by atoms with Gasteiger partial charge < -0.3 is 9.84 Å². The number of aliphatic carboxylic acids is 1. The second-order valence-electron chi connectivity index (χ2n) is 3.37. The summed E-state index contributed by atoms with van der Waals surface area (Å²) in [6.07, 6.45) is -4.87. The molecule has 0 aromatic heterocycles. The van der Waals surface area contributed by atoms with Crippen LogP contribution < -0.4 is 4.74 Å². The maximum Gasteiger partial charge on any atom is 0.419 e. The fourth-order valence-corrected chi connectivity index (χ4v) is 2.32. The highest BCUT2D eigenvalue weighted by Crippen LogP contribution is 2.47. The first kappa shape index (κ1) is 16.2. The van der Waals surface area contributed by atoms with Crippen LogP contribution in [0.1, 0.15) is 16.5 Å². The number of hydrogen-bond donors (Lipinski definition) is 1. The van der Waals surface area contributed by atoms with Crippen LogP contribution in [0.15, 0.2) is 6.07 Å². The SMILES string of the molecule is COc1cc(C(Cl)C(=O)O)c(Cl)c(C(F)(F)F)c1Cl. The highest BCUT2D eigenvalue weighted by atomic mass is 35.5. The minimum absolute atomic E-state index is 0.361. The zero-order valence-corrected chi connectivity index (χ0v) is 11.5. The fraction of sp³-hybridized carbons (Fsp3) is 0.300. The van der Waals surface area contributed by atoms with Gasteiger partial charge in [0.15, 0.2) is 5.38 Å². The molecule has 0 aliphatic carbocycles. The molecule has 0 aliphatic heterocycles. The Morgan fingerprint density at radius 3 is 2.26 bits per heavy atom. The Hall–Kier alpha value is -0.850. The minimum atomic E-state index is -4.87. The van der Waals surface area contributed by atoms with Gasteiger partial charge in [-0.15, -0.1) is 11.6 Å². The second-order valence-corrected chi connectivity index (χ2v) is 4.56. The third kappa shape index (κ3) is 3.19. The number of ether oxygens (including phenoxy) is 1. The van der Waals surface area contributed by atoms with Crippen LogP contribution in [0.2, 0.25) is 10.0 Å². The van der Waals surface area contributed by atoms with E-state index in [1.807, 2.05) is 0 Å². The molecule has 0 amide bonds. The molecule has 0 heterocycles. The topological polar surface area (TPSA) is 46.5 Å². The molecule has 3 nitrogen and oxygen atoms in total. The van der Waals surface area contributed by atoms with Crippen LogP contribution in [0, 0.1) is 0 Å². The van der Waals surface area contributed by atoms with E-state index in [9.17, 15) is 18.0 Å². The van der Waals surface area contributed by atoms with E-state index in [-0.39, 0.29) is 5.75 Å². The van der Waals surface area contributed by atoms with Crippen molar-refractivity contribution >= 4 is 40.8 Å². The molecule has 1 unspecified atom stereocenters. The summed E-state index contributed by atoms with van der Waals surface area (Å²) in [6.45, 7) is 0. The van der Waals surface area contributed by atoms with Crippen molar-refractivity contribution in [3.8, 4) is 5.75 Å². The Kier molecular flexibility index (Phi) is 4.81. The van der Waals surface area contributed by atoms with E-state index in [1.165, 1.54) is 0 Å². The molecule has 0 saturated heterocycles. The first-order valence-corrected chi connectivity index (χ1v) is 5.80. The summed E-state index contributed by atoms with van der Waals surface area (Å²) in [7, 11) is 1.09. The summed E-state index contributed by atoms with van der Waals surface area (Å²) in [6, 6.07) is 0.964. The van der Waals surface area contributed by atoms with Gasteiger partial charge >= 0.3 is 12.1 Å². The molecule has 0 saturated carbocycles. The lowest BCUT2D eigenvalue weighted by atomic mass is 10.1. The predicted octanol–water partition coefficient (Wildman–Crippen LogP) is 4.39. The zero-order valence-electron chi connectivity index (χ0n) is 9.19. The van der Waals surface area contributed by atoms with Crippen LogP contribution in [-0.2, 0) is 11.0 Å². The van der Waals surface area contributed by atoms with Gasteiger partial charge in [-0.1, -0.05) is 23.2 Å². The lowest BCUT2D eigenvalue weighted by Gasteiger charge is -2.18. The maximum atomic E-state index is 12.9. The van der Waals surface area contributed by atoms with Crippen LogP contribution in [0.25, 0.3) is 0 Å². The molecular weight excluding hydrogens is 331 g/mol. The largest absolute Gasteiger partial charge is 0.495 e. The van der Waals surface area contributed by atoms with Gasteiger partial charge in [-0.05, 0) is 6.07 Å². The summed E-state index contributed by atoms with van der Waals surface area (Å²) in [5, 5.41) is 5.38. The third-order valence-corrected chi connectivity index (χ3v) is 3.39. The van der Waals surface area contributed by atoms with Gasteiger partial charge in [-0.3, -0.25) is 4.79 Å². The molecule has 1 rings (SSSR count). The monoisotopic (exact) mass is 336 g/mol. The second kappa shape index (κ2) is 5.64. The Labute approximate surface area is 120 Å². The standard InChI is InChI=1S/C10H6Cl3F3O3/c1-19-4-2-3(7(12)9(17)18)6(11)5(8(4)13)10(14,15)16/h2,7H,1H3,(H,17,18). The van der Waals surface area contributed by atoms with E-state index in [2.05, 4.69) is 4.74 Å². The Morgan fingerprint density at radius 2 is 1.89 bits per heavy atom. The number of carboxylic acids is 1. The lowest BCUT2D eigenvalue weighted by molar-refractivity contribution is -0.139. The average molecular weight is 338 g/mol. The lowest BCUT2D eigenvalue weighted by Crippen LogP contribution is -2.12. The van der Waals surface area contributed by atoms with Crippen LogP contribution in [0.4, 0.5) is 13.2 Å². The molecule has 1 aromatic rings. The molecule has 106 valence electrons. The average Bonchev–Trinajstić information content (AvgIpc) is 2.26. The number of benzene rings is 1. The number of rotatable bonds is 3. The van der Waals surface area contributed by atoms with E-state index in [0.717, 1.165) is 13.2 Å². The molecule has 1 aromatic carbocycles. The summed E-state index contributed by atoms with van der Waals surface area (Å²) in [5.74, 6) is -1.90. The van der Waals surface area contributed by atoms with E-state index < -0.39 is 38.7 Å².